The van der Waals surface area contributed by atoms with Gasteiger partial charge in [-0.25, -0.2) is 4.98 Å². The quantitative estimate of drug-likeness (QED) is 0.121. The summed E-state index contributed by atoms with van der Waals surface area (Å²) in [5.74, 6) is -1.89. The molecule has 0 amide bonds. The Balaban J connectivity index is 1.09. The number of hydrogen-bond donors (Lipinski definition) is 7. The van der Waals surface area contributed by atoms with E-state index in [0.29, 0.717) is 24.2 Å². The minimum absolute atomic E-state index is 0.00680. The number of anilines is 1. The molecule has 12 bridgehead atoms. The molecule has 1 aromatic heterocycles. The molecule has 12 rings (SSSR count). The van der Waals surface area contributed by atoms with Crippen molar-refractivity contribution in [3.63, 3.8) is 0 Å². The van der Waals surface area contributed by atoms with Gasteiger partial charge in [-0.2, -0.15) is 0 Å². The Morgan fingerprint density at radius 1 is 0.934 bits per heavy atom. The SMILES string of the molecule is O=C1c2cccc3c2C(=O)C2(CSSC4Nc5nccc6c5-c5c4cccc5C4CCCC64CC4(O)C(O)C(CO)OC(O3)C4O)C(O)=CC(Cc3cccc(CO)c3)=CC12. The van der Waals surface area contributed by atoms with Gasteiger partial charge in [0, 0.05) is 28.5 Å². The number of aliphatic hydroxyl groups excluding tert-OH is 5. The van der Waals surface area contributed by atoms with Gasteiger partial charge in [-0.05, 0) is 88.8 Å². The molecule has 4 aliphatic heterocycles. The molecule has 1 saturated heterocycles. The number of pyridine rings is 1. The second kappa shape index (κ2) is 14.3. The van der Waals surface area contributed by atoms with E-state index in [9.17, 15) is 35.4 Å². The van der Waals surface area contributed by atoms with Gasteiger partial charge in [0.25, 0.3) is 0 Å². The number of allylic oxidation sites excluding steroid dienone is 4. The third kappa shape index (κ3) is 5.53. The fourth-order valence-corrected chi connectivity index (χ4v) is 14.6. The van der Waals surface area contributed by atoms with Crippen LogP contribution >= 0.6 is 21.6 Å². The van der Waals surface area contributed by atoms with Crippen molar-refractivity contribution in [3.05, 3.63) is 135 Å². The first-order valence-electron chi connectivity index (χ1n) is 20.7. The van der Waals surface area contributed by atoms with Crippen LogP contribution in [0.1, 0.15) is 85.5 Å². The molecule has 10 unspecified atom stereocenters. The third-order valence-electron chi connectivity index (χ3n) is 14.5. The average Bonchev–Trinajstić information content (AvgIpc) is 3.70. The first-order valence-corrected chi connectivity index (χ1v) is 23.1. The molecule has 7 N–H and O–H groups in total. The van der Waals surface area contributed by atoms with Gasteiger partial charge in [0.05, 0.1) is 24.7 Å². The van der Waals surface area contributed by atoms with Crippen molar-refractivity contribution in [3.8, 4) is 16.9 Å². The Hall–Kier alpha value is -4.51. The second-order valence-corrected chi connectivity index (χ2v) is 20.0. The van der Waals surface area contributed by atoms with E-state index in [0.717, 1.165) is 51.8 Å². The van der Waals surface area contributed by atoms with Gasteiger partial charge in [-0.3, -0.25) is 9.59 Å². The summed E-state index contributed by atoms with van der Waals surface area (Å²) in [6.45, 7) is -0.853. The van der Waals surface area contributed by atoms with E-state index in [2.05, 4.69) is 17.4 Å². The summed E-state index contributed by atoms with van der Waals surface area (Å²) in [7, 11) is 2.87. The number of nitrogens with one attached hydrogen (secondary N) is 1. The van der Waals surface area contributed by atoms with Crippen LogP contribution in [0.15, 0.2) is 96.4 Å². The van der Waals surface area contributed by atoms with Crippen LogP contribution in [0.25, 0.3) is 11.1 Å². The smallest absolute Gasteiger partial charge is 0.229 e. The second-order valence-electron chi connectivity index (χ2n) is 17.5. The number of hydrogen-bond acceptors (Lipinski definition) is 14. The molecule has 4 aliphatic carbocycles. The number of carbonyl (C=O) groups is 2. The van der Waals surface area contributed by atoms with Gasteiger partial charge < -0.3 is 45.4 Å². The Labute approximate surface area is 359 Å². The number of benzene rings is 3. The van der Waals surface area contributed by atoms with Crippen LogP contribution in [0.3, 0.4) is 0 Å². The lowest BCUT2D eigenvalue weighted by Gasteiger charge is -2.54. The normalized spacial score (nSPS) is 34.3. The number of aromatic nitrogens is 1. The highest BCUT2D eigenvalue weighted by Crippen LogP contribution is 2.66. The van der Waals surface area contributed by atoms with Crippen molar-refractivity contribution in [1.82, 2.24) is 4.98 Å². The molecule has 1 saturated carbocycles. The molecule has 4 aromatic rings. The van der Waals surface area contributed by atoms with Crippen LogP contribution < -0.4 is 10.1 Å². The van der Waals surface area contributed by atoms with Gasteiger partial charge >= 0.3 is 0 Å². The Morgan fingerprint density at radius 3 is 2.57 bits per heavy atom. The van der Waals surface area contributed by atoms with Gasteiger partial charge in [0.2, 0.25) is 6.29 Å². The molecule has 2 fully saturated rings. The summed E-state index contributed by atoms with van der Waals surface area (Å²) in [6, 6.07) is 20.2. The molecule has 14 heteroatoms. The summed E-state index contributed by atoms with van der Waals surface area (Å²) >= 11 is 0. The first kappa shape index (κ1) is 39.3. The lowest BCUT2D eigenvalue weighted by Crippen LogP contribution is -2.69. The number of aliphatic hydroxyl groups is 6. The van der Waals surface area contributed by atoms with E-state index >= 15 is 4.79 Å². The number of nitrogens with zero attached hydrogens (tertiary/aromatic N) is 1. The fourth-order valence-electron chi connectivity index (χ4n) is 11.7. The van der Waals surface area contributed by atoms with E-state index in [4.69, 9.17) is 14.5 Å². The van der Waals surface area contributed by atoms with Crippen molar-refractivity contribution < 1.29 is 49.7 Å². The molecule has 12 nitrogen and oxygen atoms in total. The number of rotatable bonds is 4. The van der Waals surface area contributed by atoms with Crippen molar-refractivity contribution in [2.24, 2.45) is 11.3 Å². The first-order chi connectivity index (χ1) is 29.5. The zero-order chi connectivity index (χ0) is 42.0. The minimum Gasteiger partial charge on any atom is -0.511 e. The summed E-state index contributed by atoms with van der Waals surface area (Å²) in [6.07, 6.45) is 0.887. The molecule has 314 valence electrons. The summed E-state index contributed by atoms with van der Waals surface area (Å²) in [5, 5.41) is 73.0. The van der Waals surface area contributed by atoms with Gasteiger partial charge in [-0.15, -0.1) is 0 Å². The van der Waals surface area contributed by atoms with Crippen LogP contribution in [0, 0.1) is 11.3 Å². The van der Waals surface area contributed by atoms with Crippen LogP contribution in [-0.2, 0) is 23.2 Å². The van der Waals surface area contributed by atoms with Crippen molar-refractivity contribution in [2.45, 2.75) is 85.6 Å². The van der Waals surface area contributed by atoms with Crippen LogP contribution in [0.4, 0.5) is 5.82 Å². The lowest BCUT2D eigenvalue weighted by atomic mass is 9.57. The van der Waals surface area contributed by atoms with Crippen molar-refractivity contribution in [2.75, 3.05) is 17.7 Å². The number of ketones is 2. The highest BCUT2D eigenvalue weighted by Gasteiger charge is 2.64. The minimum atomic E-state index is -2.28. The molecular weight excluding hydrogens is 817 g/mol. The number of fused-ring (bicyclic) bond motifs is 2. The molecule has 5 heterocycles. The number of Topliss-reactive ketones (excluding diaryl/α,β-unsaturated/α-hetero) is 2. The van der Waals surface area contributed by atoms with E-state index in [1.807, 2.05) is 36.4 Å². The van der Waals surface area contributed by atoms with Crippen LogP contribution in [0.5, 0.6) is 5.75 Å². The summed E-state index contributed by atoms with van der Waals surface area (Å²) < 4.78 is 12.4. The molecule has 0 radical (unpaired) electrons. The summed E-state index contributed by atoms with van der Waals surface area (Å²) in [4.78, 5) is 35.2. The largest absolute Gasteiger partial charge is 0.511 e. The van der Waals surface area contributed by atoms with E-state index in [-0.39, 0.29) is 52.7 Å². The molecule has 3 aromatic carbocycles. The fraction of sp³-hybridized carbons (Fsp3) is 0.383. The summed E-state index contributed by atoms with van der Waals surface area (Å²) in [5.41, 5.74) is 2.39. The topological polar surface area (TPSA) is 199 Å². The monoisotopic (exact) mass is 860 g/mol. The zero-order valence-electron chi connectivity index (χ0n) is 32.9. The number of carbonyl (C=O) groups excluding carboxylic acids is 2. The molecular formula is C47H44N2O10S2. The van der Waals surface area contributed by atoms with E-state index < -0.39 is 65.1 Å². The van der Waals surface area contributed by atoms with Crippen LogP contribution in [-0.4, -0.2) is 89.8 Å². The predicted molar refractivity (Wildman–Crippen MR) is 228 cm³/mol. The predicted octanol–water partition coefficient (Wildman–Crippen LogP) is 5.82. The van der Waals surface area contributed by atoms with E-state index in [1.165, 1.54) is 33.7 Å². The van der Waals surface area contributed by atoms with Gasteiger partial charge in [-0.1, -0.05) is 88.7 Å². The highest BCUT2D eigenvalue weighted by atomic mass is 33.1. The Bertz CT molecular complexity index is 2600. The highest BCUT2D eigenvalue weighted by molar-refractivity contribution is 8.76. The average molecular weight is 861 g/mol. The van der Waals surface area contributed by atoms with Gasteiger partial charge in [0.1, 0.15) is 52.0 Å². The van der Waals surface area contributed by atoms with Gasteiger partial charge in [0.15, 0.2) is 11.6 Å². The zero-order valence-corrected chi connectivity index (χ0v) is 34.5. The molecule has 10 atom stereocenters. The maximum Gasteiger partial charge on any atom is 0.229 e. The maximum atomic E-state index is 15.4. The molecule has 61 heavy (non-hydrogen) atoms. The lowest BCUT2D eigenvalue weighted by molar-refractivity contribution is -0.318. The maximum absolute atomic E-state index is 15.4. The molecule has 2 spiro atoms. The van der Waals surface area contributed by atoms with E-state index in [1.54, 1.807) is 24.4 Å². The Kier molecular flexibility index (Phi) is 9.20. The molecule has 8 aliphatic rings. The Morgan fingerprint density at radius 2 is 1.74 bits per heavy atom. The standard InChI is InChI=1S/C47H44N2O10S2/c50-19-24-6-1-5-23(15-24)16-25-17-31-38(53)27-8-3-11-32-36(27)40(55)46(31,34(52)18-25)22-60-61-43-28-9-2-7-26-29-10-4-13-45(29,30-12-14-48-42(49-43)37(30)35(26)28)21-47(57)39(54)33(20-51)59-44(58-32)41(47)56/h1-3,5-9,11-12,14-15,17-18,29,31,33,39,41,43-44,50-52,54,56-57H,4,10,13,16,19-22H2,(H,48,49). The third-order valence-corrected chi connectivity index (χ3v) is 17.1. The van der Waals surface area contributed by atoms with Crippen molar-refractivity contribution >= 4 is 39.0 Å². The van der Waals surface area contributed by atoms with Crippen molar-refractivity contribution in [1.29, 1.82) is 0 Å². The van der Waals surface area contributed by atoms with Crippen LogP contribution in [0.2, 0.25) is 0 Å². The number of ether oxygens (including phenoxy) is 2.